The van der Waals surface area contributed by atoms with Gasteiger partial charge < -0.3 is 15.1 Å². The first kappa shape index (κ1) is 60.5. The number of nitrogens with one attached hydrogen (secondary N) is 2. The van der Waals surface area contributed by atoms with Crippen LogP contribution >= 0.6 is 0 Å². The van der Waals surface area contributed by atoms with Crippen LogP contribution in [0.1, 0.15) is 60.4 Å². The first-order valence-electron chi connectivity index (χ1n) is 21.6. The molecule has 8 bridgehead atoms. The number of aliphatic carboxylic acids is 1. The molecule has 0 saturated carbocycles. The van der Waals surface area contributed by atoms with E-state index in [9.17, 15) is 43.7 Å². The van der Waals surface area contributed by atoms with Gasteiger partial charge >= 0.3 is 124 Å². The molecule has 0 atom stereocenters. The van der Waals surface area contributed by atoms with Gasteiger partial charge in [0.1, 0.15) is 0 Å². The van der Waals surface area contributed by atoms with E-state index < -0.39 is 36.3 Å². The first-order chi connectivity index (χ1) is 32.9. The van der Waals surface area contributed by atoms with Gasteiger partial charge in [-0.25, -0.2) is 9.97 Å². The minimum absolute atomic E-state index is 0. The van der Waals surface area contributed by atoms with Crippen LogP contribution in [-0.4, -0.2) is 188 Å². The molecule has 7 aromatic rings. The number of aryl methyl sites for hydroxylation is 1. The number of benzene rings is 4. The molecule has 0 radical (unpaired) electrons. The number of unbranched alkanes of at least 4 members (excludes halogenated alkanes) is 3. The van der Waals surface area contributed by atoms with Crippen LogP contribution < -0.4 is 0 Å². The van der Waals surface area contributed by atoms with Crippen molar-refractivity contribution in [2.75, 3.05) is 0 Å². The molecule has 22 heteroatoms. The third-order valence-corrected chi connectivity index (χ3v) is 14.5. The van der Waals surface area contributed by atoms with Gasteiger partial charge in [0.25, 0.3) is 30.4 Å². The number of rotatable bonds is 14. The molecule has 0 fully saturated rings. The SMILES string of the molecule is O=C(O)CCCCCCc1ccc(-c2c3nc(c(-c4ccc(S(=O)(=O)O)cc4)c4ccc([nH]4)c(-c4ccc(S(=O)(=O)O)cc4)c4nc(c(-c5ccc(S(=O)(=O)O)cc5)c5ccc2[nH]5)C=C4)C=C3)cc1.[NaH].[NaH].[NaH].[NaH]. The minimum atomic E-state index is -4.53. The molecule has 6 N–H and O–H groups in total. The maximum atomic E-state index is 12.1. The zero-order valence-electron chi connectivity index (χ0n) is 36.4. The van der Waals surface area contributed by atoms with Crippen molar-refractivity contribution in [3.05, 3.63) is 150 Å². The van der Waals surface area contributed by atoms with Crippen molar-refractivity contribution in [1.82, 2.24) is 19.9 Å². The van der Waals surface area contributed by atoms with E-state index in [1.165, 1.54) is 36.4 Å². The Balaban J connectivity index is 0.00000247. The van der Waals surface area contributed by atoms with Crippen molar-refractivity contribution in [2.24, 2.45) is 0 Å². The van der Waals surface area contributed by atoms with Crippen LogP contribution in [0.2, 0.25) is 0 Å². The normalized spacial score (nSPS) is 12.0. The van der Waals surface area contributed by atoms with Crippen molar-refractivity contribution >= 4 is 201 Å². The van der Waals surface area contributed by atoms with Crippen molar-refractivity contribution < 1.29 is 48.8 Å². The summed E-state index contributed by atoms with van der Waals surface area (Å²) in [6.07, 6.45) is 11.5. The number of carboxylic acids is 1. The Labute approximate surface area is 510 Å². The average molecular weight is 1080 g/mol. The monoisotopic (exact) mass is 1080 g/mol. The standard InChI is InChI=1S/C51H42N4O11S3.4Na.4H/c56-47(57)6-4-2-1-3-5-31-7-9-32(10-8-31)48-39-23-25-41(52-39)49(33-11-17-36(18-12-33)67(58,59)60)43-27-29-45(54-43)51(35-15-21-38(22-16-35)69(64,65)66)46-30-28-44(55-46)50(42-26-24-40(48)53-42)34-13-19-37(20-14-34)68(61,62)63;;;;;;;;/h7-30,52,55H,1-6H2,(H,56,57)(H,58,59,60)(H,61,62,63)(H,64,65,66);;;;;;;;. The van der Waals surface area contributed by atoms with E-state index in [0.29, 0.717) is 84.6 Å². The fourth-order valence-electron chi connectivity index (χ4n) is 8.60. The Morgan fingerprint density at radius 3 is 0.945 bits per heavy atom. The molecule has 358 valence electrons. The van der Waals surface area contributed by atoms with E-state index in [1.807, 2.05) is 48.6 Å². The number of nitrogens with zero attached hydrogens (tertiary/aromatic N) is 2. The Morgan fingerprint density at radius 2 is 0.671 bits per heavy atom. The van der Waals surface area contributed by atoms with E-state index in [-0.39, 0.29) is 139 Å². The summed E-state index contributed by atoms with van der Waals surface area (Å²) in [7, 11) is -13.6. The van der Waals surface area contributed by atoms with Gasteiger partial charge in [-0.05, 0) is 132 Å². The number of aromatic amines is 2. The van der Waals surface area contributed by atoms with Gasteiger partial charge in [0.2, 0.25) is 0 Å². The number of fused-ring (bicyclic) bond motifs is 8. The third-order valence-electron chi connectivity index (χ3n) is 11.9. The molecule has 2 aliphatic heterocycles. The second kappa shape index (κ2) is 25.2. The van der Waals surface area contributed by atoms with E-state index in [1.54, 1.807) is 48.6 Å². The Bertz CT molecular complexity index is 3700. The quantitative estimate of drug-likeness (QED) is 0.0343. The molecule has 9 rings (SSSR count). The zero-order chi connectivity index (χ0) is 48.7. The first-order valence-corrected chi connectivity index (χ1v) is 25.9. The molecule has 0 unspecified atom stereocenters. The van der Waals surface area contributed by atoms with Gasteiger partial charge in [-0.15, -0.1) is 0 Å². The molecule has 0 saturated heterocycles. The van der Waals surface area contributed by atoms with Crippen LogP contribution in [0.3, 0.4) is 0 Å². The van der Waals surface area contributed by atoms with Crippen molar-refractivity contribution in [1.29, 1.82) is 0 Å². The summed E-state index contributed by atoms with van der Waals surface area (Å²) in [5.74, 6) is -0.798. The Kier molecular flexibility index (Phi) is 20.9. The Morgan fingerprint density at radius 1 is 0.397 bits per heavy atom. The maximum absolute atomic E-state index is 12.1. The fraction of sp³-hybridized carbons (Fsp3) is 0.118. The van der Waals surface area contributed by atoms with Crippen LogP contribution in [0.4, 0.5) is 0 Å². The van der Waals surface area contributed by atoms with Gasteiger partial charge in [-0.1, -0.05) is 73.5 Å². The van der Waals surface area contributed by atoms with Crippen LogP contribution in [0.5, 0.6) is 0 Å². The molecule has 5 heterocycles. The molecule has 4 aromatic carbocycles. The zero-order valence-corrected chi connectivity index (χ0v) is 38.8. The molecule has 73 heavy (non-hydrogen) atoms. The van der Waals surface area contributed by atoms with E-state index in [4.69, 9.17) is 15.1 Å². The van der Waals surface area contributed by atoms with Gasteiger partial charge in [0.15, 0.2) is 0 Å². The van der Waals surface area contributed by atoms with Gasteiger partial charge in [-0.2, -0.15) is 25.3 Å². The summed E-state index contributed by atoms with van der Waals surface area (Å²) in [4.78, 5) is 27.5. The molecule has 0 aliphatic carbocycles. The van der Waals surface area contributed by atoms with Crippen LogP contribution in [0.25, 0.3) is 90.9 Å². The van der Waals surface area contributed by atoms with E-state index in [0.717, 1.165) is 42.4 Å². The van der Waals surface area contributed by atoms with Crippen LogP contribution in [-0.2, 0) is 41.6 Å². The predicted molar refractivity (Wildman–Crippen MR) is 293 cm³/mol. The summed E-state index contributed by atoms with van der Waals surface area (Å²) in [5.41, 5.74) is 10.4. The topological polar surface area (TPSA) is 258 Å². The second-order valence-electron chi connectivity index (χ2n) is 16.5. The molecule has 3 aromatic heterocycles. The molecular weight excluding hydrogens is 1030 g/mol. The van der Waals surface area contributed by atoms with E-state index in [2.05, 4.69) is 22.1 Å². The number of aromatic nitrogens is 4. The van der Waals surface area contributed by atoms with Gasteiger partial charge in [-0.3, -0.25) is 18.5 Å². The summed E-state index contributed by atoms with van der Waals surface area (Å²) < 4.78 is 102. The van der Waals surface area contributed by atoms with Crippen LogP contribution in [0.15, 0.2) is 136 Å². The van der Waals surface area contributed by atoms with Crippen LogP contribution in [0, 0.1) is 0 Å². The summed E-state index contributed by atoms with van der Waals surface area (Å²) >= 11 is 0. The van der Waals surface area contributed by atoms with E-state index >= 15 is 0 Å². The van der Waals surface area contributed by atoms with Crippen molar-refractivity contribution in [3.8, 4) is 44.5 Å². The number of H-pyrrole nitrogens is 2. The number of carbonyl (C=O) groups is 1. The summed E-state index contributed by atoms with van der Waals surface area (Å²) in [6.45, 7) is 0. The predicted octanol–water partition coefficient (Wildman–Crippen LogP) is 8.05. The third kappa shape index (κ3) is 14.0. The summed E-state index contributed by atoms with van der Waals surface area (Å²) in [5, 5.41) is 8.99. The van der Waals surface area contributed by atoms with Gasteiger partial charge in [0, 0.05) is 50.7 Å². The molecule has 2 aliphatic rings. The number of hydrogen-bond acceptors (Lipinski definition) is 9. The second-order valence-corrected chi connectivity index (χ2v) is 20.8. The van der Waals surface area contributed by atoms with Gasteiger partial charge in [0.05, 0.1) is 37.5 Å². The summed E-state index contributed by atoms with van der Waals surface area (Å²) in [6, 6.07) is 32.7. The van der Waals surface area contributed by atoms with Crippen molar-refractivity contribution in [3.63, 3.8) is 0 Å². The Hall–Kier alpha value is -3.32. The van der Waals surface area contributed by atoms with Crippen molar-refractivity contribution in [2.45, 2.75) is 53.2 Å². The molecular formula is C51H46N4Na4O11S3. The fourth-order valence-corrected chi connectivity index (χ4v) is 10.0. The molecule has 0 amide bonds. The number of hydrogen-bond donors (Lipinski definition) is 6. The number of carboxylic acid groups (broad SMARTS) is 1. The average Bonchev–Trinajstić information content (AvgIpc) is 4.16. The molecule has 15 nitrogen and oxygen atoms in total. The molecule has 0 spiro atoms.